The molecule has 0 aliphatic rings. The normalized spacial score (nSPS) is 10.9. The van der Waals surface area contributed by atoms with E-state index in [0.717, 1.165) is 52.5 Å². The molecule has 3 aromatic rings. The second kappa shape index (κ2) is 12.0. The second-order valence-corrected chi connectivity index (χ2v) is 8.77. The van der Waals surface area contributed by atoms with Gasteiger partial charge in [-0.3, -0.25) is 9.69 Å². The first kappa shape index (κ1) is 25.1. The van der Waals surface area contributed by atoms with Crippen molar-refractivity contribution in [3.8, 4) is 5.75 Å². The van der Waals surface area contributed by atoms with Gasteiger partial charge in [0.05, 0.1) is 16.8 Å². The van der Waals surface area contributed by atoms with Crippen LogP contribution in [-0.2, 0) is 0 Å². The van der Waals surface area contributed by atoms with Gasteiger partial charge in [-0.1, -0.05) is 36.8 Å². The number of para-hydroxylation sites is 1. The average molecular weight is 462 g/mol. The van der Waals surface area contributed by atoms with Gasteiger partial charge in [-0.05, 0) is 76.3 Å². The minimum absolute atomic E-state index is 0. The quantitative estimate of drug-likeness (QED) is 0.358. The van der Waals surface area contributed by atoms with Gasteiger partial charge in [0.2, 0.25) is 0 Å². The summed E-state index contributed by atoms with van der Waals surface area (Å²) in [5.41, 5.74) is 2.76. The maximum atomic E-state index is 13.4. The number of rotatable bonds is 10. The molecule has 0 spiro atoms. The van der Waals surface area contributed by atoms with E-state index in [2.05, 4.69) is 30.9 Å². The third kappa shape index (κ3) is 6.66. The number of nitrogens with zero attached hydrogens (tertiary/aromatic N) is 3. The molecule has 1 aromatic heterocycles. The number of hydrogen-bond acceptors (Lipinski definition) is 5. The lowest BCUT2D eigenvalue weighted by atomic mass is 10.2. The number of aryl methyl sites for hydroxylation is 1. The van der Waals surface area contributed by atoms with Crippen LogP contribution in [0.15, 0.2) is 42.5 Å². The molecule has 0 aliphatic heterocycles. The van der Waals surface area contributed by atoms with E-state index in [1.54, 1.807) is 11.3 Å². The topological polar surface area (TPSA) is 45.7 Å². The number of aromatic nitrogens is 1. The van der Waals surface area contributed by atoms with Crippen molar-refractivity contribution in [1.29, 1.82) is 0 Å². The second-order valence-electron chi connectivity index (χ2n) is 7.76. The van der Waals surface area contributed by atoms with Crippen molar-refractivity contribution in [2.45, 2.75) is 33.1 Å². The molecule has 0 aliphatic carbocycles. The van der Waals surface area contributed by atoms with Gasteiger partial charge in [0.15, 0.2) is 5.13 Å². The molecule has 0 saturated carbocycles. The first-order valence-electron chi connectivity index (χ1n) is 10.5. The summed E-state index contributed by atoms with van der Waals surface area (Å²) in [6.45, 7) is 6.44. The zero-order valence-corrected chi connectivity index (χ0v) is 20.4. The van der Waals surface area contributed by atoms with Gasteiger partial charge in [0, 0.05) is 12.1 Å². The molecule has 5 nitrogen and oxygen atoms in total. The Morgan fingerprint density at radius 1 is 1.06 bits per heavy atom. The van der Waals surface area contributed by atoms with Crippen LogP contribution in [0.3, 0.4) is 0 Å². The largest absolute Gasteiger partial charge is 0.494 e. The van der Waals surface area contributed by atoms with E-state index < -0.39 is 0 Å². The highest BCUT2D eigenvalue weighted by molar-refractivity contribution is 7.22. The van der Waals surface area contributed by atoms with Gasteiger partial charge in [-0.25, -0.2) is 4.98 Å². The van der Waals surface area contributed by atoms with Crippen LogP contribution in [0.1, 0.15) is 42.1 Å². The highest BCUT2D eigenvalue weighted by atomic mass is 35.5. The Bertz CT molecular complexity index is 973. The zero-order chi connectivity index (χ0) is 21.5. The third-order valence-corrected chi connectivity index (χ3v) is 5.98. The van der Waals surface area contributed by atoms with Crippen LogP contribution < -0.4 is 9.64 Å². The first-order valence-corrected chi connectivity index (χ1v) is 11.4. The number of ether oxygens (including phenoxy) is 1. The maximum absolute atomic E-state index is 13.4. The smallest absolute Gasteiger partial charge is 0.260 e. The predicted octanol–water partition coefficient (Wildman–Crippen LogP) is 5.80. The van der Waals surface area contributed by atoms with E-state index in [-0.39, 0.29) is 18.3 Å². The van der Waals surface area contributed by atoms with Gasteiger partial charge in [-0.15, -0.1) is 12.4 Å². The molecule has 3 rings (SSSR count). The molecule has 168 valence electrons. The van der Waals surface area contributed by atoms with Gasteiger partial charge in [0.1, 0.15) is 5.75 Å². The number of benzene rings is 2. The molecule has 0 saturated heterocycles. The van der Waals surface area contributed by atoms with E-state index >= 15 is 0 Å². The Morgan fingerprint density at radius 3 is 2.45 bits per heavy atom. The summed E-state index contributed by atoms with van der Waals surface area (Å²) >= 11 is 1.57. The summed E-state index contributed by atoms with van der Waals surface area (Å²) in [5.74, 6) is 0.778. The van der Waals surface area contributed by atoms with E-state index in [1.165, 1.54) is 0 Å². The lowest BCUT2D eigenvalue weighted by Crippen LogP contribution is -2.33. The minimum atomic E-state index is -0.0226. The molecule has 31 heavy (non-hydrogen) atoms. The molecule has 0 N–H and O–H groups in total. The molecule has 0 atom stereocenters. The van der Waals surface area contributed by atoms with Crippen molar-refractivity contribution < 1.29 is 9.53 Å². The SMILES string of the molecule is CCCCOc1ccc(C(=O)N(CCCN(C)C)c2nc3c(C)cccc3s2)cc1.Cl. The lowest BCUT2D eigenvalue weighted by molar-refractivity contribution is 0.0986. The van der Waals surface area contributed by atoms with Crippen LogP contribution in [0.4, 0.5) is 5.13 Å². The Morgan fingerprint density at radius 2 is 1.81 bits per heavy atom. The summed E-state index contributed by atoms with van der Waals surface area (Å²) in [6.07, 6.45) is 3.00. The highest BCUT2D eigenvalue weighted by Crippen LogP contribution is 2.31. The molecule has 0 bridgehead atoms. The van der Waals surface area contributed by atoms with Crippen molar-refractivity contribution in [3.63, 3.8) is 0 Å². The van der Waals surface area contributed by atoms with E-state index in [0.29, 0.717) is 18.7 Å². The Balaban J connectivity index is 0.00000341. The van der Waals surface area contributed by atoms with Crippen molar-refractivity contribution in [1.82, 2.24) is 9.88 Å². The summed E-state index contributed by atoms with van der Waals surface area (Å²) in [4.78, 5) is 22.2. The van der Waals surface area contributed by atoms with Crippen LogP contribution >= 0.6 is 23.7 Å². The van der Waals surface area contributed by atoms with Crippen molar-refractivity contribution >= 4 is 45.0 Å². The van der Waals surface area contributed by atoms with Crippen LogP contribution in [-0.4, -0.2) is 49.6 Å². The van der Waals surface area contributed by atoms with Crippen molar-refractivity contribution in [2.75, 3.05) is 38.7 Å². The standard InChI is InChI=1S/C24H31N3O2S.ClH/c1-5-6-17-29-20-13-11-19(12-14-20)23(28)27(16-8-15-26(3)4)24-25-22-18(2)9-7-10-21(22)30-24;/h7,9-14H,5-6,8,15-17H2,1-4H3;1H. The summed E-state index contributed by atoms with van der Waals surface area (Å²) < 4.78 is 6.84. The van der Waals surface area contributed by atoms with Gasteiger partial charge >= 0.3 is 0 Å². The van der Waals surface area contributed by atoms with Gasteiger partial charge < -0.3 is 9.64 Å². The number of carbonyl (C=O) groups excluding carboxylic acids is 1. The maximum Gasteiger partial charge on any atom is 0.260 e. The van der Waals surface area contributed by atoms with Gasteiger partial charge in [0.25, 0.3) is 5.91 Å². The zero-order valence-electron chi connectivity index (χ0n) is 18.8. The molecule has 0 radical (unpaired) electrons. The molecular weight excluding hydrogens is 430 g/mol. The van der Waals surface area contributed by atoms with E-state index in [1.807, 2.05) is 49.3 Å². The number of carbonyl (C=O) groups is 1. The number of halogens is 1. The minimum Gasteiger partial charge on any atom is -0.494 e. The molecule has 1 heterocycles. The fourth-order valence-corrected chi connectivity index (χ4v) is 4.27. The summed E-state index contributed by atoms with van der Waals surface area (Å²) in [5, 5.41) is 0.756. The van der Waals surface area contributed by atoms with Crippen LogP contribution in [0.5, 0.6) is 5.75 Å². The van der Waals surface area contributed by atoms with Crippen LogP contribution in [0.25, 0.3) is 10.2 Å². The third-order valence-electron chi connectivity index (χ3n) is 4.94. The van der Waals surface area contributed by atoms with Crippen molar-refractivity contribution in [2.24, 2.45) is 0 Å². The highest BCUT2D eigenvalue weighted by Gasteiger charge is 2.21. The molecule has 2 aromatic carbocycles. The Kier molecular flexibility index (Phi) is 9.75. The van der Waals surface area contributed by atoms with E-state index in [4.69, 9.17) is 9.72 Å². The predicted molar refractivity (Wildman–Crippen MR) is 133 cm³/mol. The molecule has 7 heteroatoms. The molecular formula is C24H32ClN3O2S. The number of fused-ring (bicyclic) bond motifs is 1. The van der Waals surface area contributed by atoms with Crippen LogP contribution in [0, 0.1) is 6.92 Å². The first-order chi connectivity index (χ1) is 14.5. The number of unbranched alkanes of at least 4 members (excludes halogenated alkanes) is 1. The monoisotopic (exact) mass is 461 g/mol. The lowest BCUT2D eigenvalue weighted by Gasteiger charge is -2.21. The van der Waals surface area contributed by atoms with Crippen molar-refractivity contribution in [3.05, 3.63) is 53.6 Å². The van der Waals surface area contributed by atoms with Gasteiger partial charge in [-0.2, -0.15) is 0 Å². The summed E-state index contributed by atoms with van der Waals surface area (Å²) in [7, 11) is 4.09. The Hall–Kier alpha value is -2.15. The fraction of sp³-hybridized carbons (Fsp3) is 0.417. The number of amides is 1. The molecule has 0 unspecified atom stereocenters. The average Bonchev–Trinajstić information content (AvgIpc) is 3.17. The summed E-state index contributed by atoms with van der Waals surface area (Å²) in [6, 6.07) is 13.6. The number of anilines is 1. The Labute approximate surface area is 195 Å². The fourth-order valence-electron chi connectivity index (χ4n) is 3.20. The number of thiazole rings is 1. The van der Waals surface area contributed by atoms with E-state index in [9.17, 15) is 4.79 Å². The van der Waals surface area contributed by atoms with Crippen LogP contribution in [0.2, 0.25) is 0 Å². The molecule has 1 amide bonds. The number of hydrogen-bond donors (Lipinski definition) is 0. The molecule has 0 fully saturated rings.